The zero-order chi connectivity index (χ0) is 13.2. The molecule has 1 aromatic carbocycles. The van der Waals surface area contributed by atoms with Crippen LogP contribution in [0, 0.1) is 12.7 Å². The third-order valence-corrected chi connectivity index (χ3v) is 4.10. The Kier molecular flexibility index (Phi) is 4.00. The third kappa shape index (κ3) is 2.28. The highest BCUT2D eigenvalue weighted by Gasteiger charge is 2.42. The number of halogens is 1. The average molecular weight is 252 g/mol. The van der Waals surface area contributed by atoms with Gasteiger partial charge in [-0.3, -0.25) is 11.3 Å². The van der Waals surface area contributed by atoms with E-state index in [0.29, 0.717) is 0 Å². The Bertz CT molecular complexity index is 416. The quantitative estimate of drug-likeness (QED) is 0.639. The van der Waals surface area contributed by atoms with Crippen LogP contribution in [-0.4, -0.2) is 12.7 Å². The maximum absolute atomic E-state index is 13.5. The van der Waals surface area contributed by atoms with E-state index >= 15 is 0 Å². The molecule has 0 amide bonds. The molecule has 1 aliphatic rings. The number of methoxy groups -OCH3 is 1. The first-order valence-corrected chi connectivity index (χ1v) is 6.40. The number of benzene rings is 1. The summed E-state index contributed by atoms with van der Waals surface area (Å²) in [5.41, 5.74) is 4.44. The predicted octanol–water partition coefficient (Wildman–Crippen LogP) is 2.60. The summed E-state index contributed by atoms with van der Waals surface area (Å²) < 4.78 is 19.2. The number of aryl methyl sites for hydroxylation is 1. The van der Waals surface area contributed by atoms with Crippen molar-refractivity contribution in [2.75, 3.05) is 7.11 Å². The summed E-state index contributed by atoms with van der Waals surface area (Å²) in [7, 11) is 1.71. The summed E-state index contributed by atoms with van der Waals surface area (Å²) in [5, 5.41) is 0. The Hall–Kier alpha value is -0.970. The van der Waals surface area contributed by atoms with E-state index in [1.165, 1.54) is 6.07 Å². The van der Waals surface area contributed by atoms with Gasteiger partial charge in [0.2, 0.25) is 0 Å². The van der Waals surface area contributed by atoms with Crippen LogP contribution < -0.4 is 11.3 Å². The van der Waals surface area contributed by atoms with Gasteiger partial charge in [-0.2, -0.15) is 0 Å². The minimum atomic E-state index is -0.312. The normalized spacial score (nSPS) is 20.0. The fraction of sp³-hybridized carbons (Fsp3) is 0.571. The fourth-order valence-electron chi connectivity index (χ4n) is 3.03. The molecule has 4 heteroatoms. The summed E-state index contributed by atoms with van der Waals surface area (Å²) >= 11 is 0. The number of ether oxygens (including phenoxy) is 1. The standard InChI is InChI=1S/C14H21FN2O/c1-10-5-6-11(15)9-12(10)13(17-16)14(18-2)7-3-4-8-14/h5-6,9,13,17H,3-4,7-8,16H2,1-2H3. The molecular weight excluding hydrogens is 231 g/mol. The highest BCUT2D eigenvalue weighted by atomic mass is 19.1. The molecule has 0 aromatic heterocycles. The van der Waals surface area contributed by atoms with E-state index in [1.807, 2.05) is 6.92 Å². The third-order valence-electron chi connectivity index (χ3n) is 4.10. The first-order chi connectivity index (χ1) is 8.63. The molecule has 1 saturated carbocycles. The zero-order valence-corrected chi connectivity index (χ0v) is 11.0. The molecule has 18 heavy (non-hydrogen) atoms. The molecular formula is C14H21FN2O. The summed E-state index contributed by atoms with van der Waals surface area (Å²) in [6, 6.07) is 4.65. The second kappa shape index (κ2) is 5.34. The second-order valence-corrected chi connectivity index (χ2v) is 5.08. The first-order valence-electron chi connectivity index (χ1n) is 6.40. The lowest BCUT2D eigenvalue weighted by Gasteiger charge is -2.37. The smallest absolute Gasteiger partial charge is 0.123 e. The average Bonchev–Trinajstić information content (AvgIpc) is 2.84. The Morgan fingerprint density at radius 1 is 1.39 bits per heavy atom. The van der Waals surface area contributed by atoms with E-state index in [1.54, 1.807) is 19.2 Å². The van der Waals surface area contributed by atoms with E-state index in [0.717, 1.165) is 36.8 Å². The van der Waals surface area contributed by atoms with Crippen LogP contribution in [0.1, 0.15) is 42.9 Å². The van der Waals surface area contributed by atoms with Crippen molar-refractivity contribution in [3.63, 3.8) is 0 Å². The van der Waals surface area contributed by atoms with E-state index in [-0.39, 0.29) is 17.5 Å². The predicted molar refractivity (Wildman–Crippen MR) is 69.4 cm³/mol. The topological polar surface area (TPSA) is 47.3 Å². The maximum Gasteiger partial charge on any atom is 0.123 e. The van der Waals surface area contributed by atoms with E-state index < -0.39 is 0 Å². The van der Waals surface area contributed by atoms with Crippen molar-refractivity contribution in [2.24, 2.45) is 5.84 Å². The van der Waals surface area contributed by atoms with Crippen molar-refractivity contribution in [3.8, 4) is 0 Å². The minimum Gasteiger partial charge on any atom is -0.376 e. The van der Waals surface area contributed by atoms with Gasteiger partial charge in [-0.25, -0.2) is 4.39 Å². The van der Waals surface area contributed by atoms with Gasteiger partial charge in [0.1, 0.15) is 5.82 Å². The summed E-state index contributed by atoms with van der Waals surface area (Å²) in [5.74, 6) is 5.48. The van der Waals surface area contributed by atoms with Gasteiger partial charge in [0, 0.05) is 7.11 Å². The van der Waals surface area contributed by atoms with E-state index in [2.05, 4.69) is 5.43 Å². The summed E-state index contributed by atoms with van der Waals surface area (Å²) in [6.07, 6.45) is 4.16. The van der Waals surface area contributed by atoms with Crippen molar-refractivity contribution in [2.45, 2.75) is 44.2 Å². The minimum absolute atomic E-state index is 0.166. The van der Waals surface area contributed by atoms with Gasteiger partial charge >= 0.3 is 0 Å². The number of nitrogens with one attached hydrogen (secondary N) is 1. The second-order valence-electron chi connectivity index (χ2n) is 5.08. The molecule has 0 saturated heterocycles. The first kappa shape index (κ1) is 13.5. The van der Waals surface area contributed by atoms with E-state index in [4.69, 9.17) is 10.6 Å². The molecule has 1 fully saturated rings. The number of hydrazine groups is 1. The molecule has 1 aliphatic carbocycles. The van der Waals surface area contributed by atoms with Crippen LogP contribution in [0.2, 0.25) is 0 Å². The van der Waals surface area contributed by atoms with E-state index in [9.17, 15) is 4.39 Å². The molecule has 2 rings (SSSR count). The van der Waals surface area contributed by atoms with Crippen molar-refractivity contribution in [1.29, 1.82) is 0 Å². The van der Waals surface area contributed by atoms with Crippen LogP contribution >= 0.6 is 0 Å². The lowest BCUT2D eigenvalue weighted by atomic mass is 9.85. The Morgan fingerprint density at radius 3 is 2.61 bits per heavy atom. The molecule has 0 radical (unpaired) electrons. The van der Waals surface area contributed by atoms with Crippen molar-refractivity contribution < 1.29 is 9.13 Å². The molecule has 1 unspecified atom stereocenters. The van der Waals surface area contributed by atoms with Crippen LogP contribution in [-0.2, 0) is 4.74 Å². The lowest BCUT2D eigenvalue weighted by Crippen LogP contribution is -2.46. The molecule has 3 nitrogen and oxygen atoms in total. The lowest BCUT2D eigenvalue weighted by molar-refractivity contribution is -0.0370. The molecule has 1 atom stereocenters. The zero-order valence-electron chi connectivity index (χ0n) is 11.0. The summed E-state index contributed by atoms with van der Waals surface area (Å²) in [4.78, 5) is 0. The van der Waals surface area contributed by atoms with Crippen LogP contribution in [0.4, 0.5) is 4.39 Å². The molecule has 1 aromatic rings. The number of hydrogen-bond acceptors (Lipinski definition) is 3. The number of nitrogens with two attached hydrogens (primary N) is 1. The van der Waals surface area contributed by atoms with Crippen molar-refractivity contribution in [1.82, 2.24) is 5.43 Å². The number of hydrogen-bond donors (Lipinski definition) is 2. The van der Waals surface area contributed by atoms with Gasteiger partial charge in [0.15, 0.2) is 0 Å². The monoisotopic (exact) mass is 252 g/mol. The van der Waals surface area contributed by atoms with Gasteiger partial charge in [-0.05, 0) is 43.0 Å². The summed E-state index contributed by atoms with van der Waals surface area (Å²) in [6.45, 7) is 1.97. The number of rotatable bonds is 4. The van der Waals surface area contributed by atoms with Crippen LogP contribution in [0.5, 0.6) is 0 Å². The Balaban J connectivity index is 2.40. The highest BCUT2D eigenvalue weighted by molar-refractivity contribution is 5.32. The van der Waals surface area contributed by atoms with Gasteiger partial charge < -0.3 is 4.74 Å². The largest absolute Gasteiger partial charge is 0.376 e. The van der Waals surface area contributed by atoms with Gasteiger partial charge in [0.25, 0.3) is 0 Å². The Morgan fingerprint density at radius 2 is 2.06 bits per heavy atom. The van der Waals surface area contributed by atoms with Crippen molar-refractivity contribution >= 4 is 0 Å². The van der Waals surface area contributed by atoms with Gasteiger partial charge in [-0.1, -0.05) is 18.9 Å². The molecule has 0 bridgehead atoms. The highest BCUT2D eigenvalue weighted by Crippen LogP contribution is 2.43. The molecule has 0 heterocycles. The van der Waals surface area contributed by atoms with Crippen molar-refractivity contribution in [3.05, 3.63) is 35.1 Å². The van der Waals surface area contributed by atoms with Crippen LogP contribution in [0.3, 0.4) is 0 Å². The maximum atomic E-state index is 13.5. The van der Waals surface area contributed by atoms with Gasteiger partial charge in [-0.15, -0.1) is 0 Å². The van der Waals surface area contributed by atoms with Gasteiger partial charge in [0.05, 0.1) is 11.6 Å². The van der Waals surface area contributed by atoms with Crippen LogP contribution in [0.25, 0.3) is 0 Å². The molecule has 100 valence electrons. The SMILES string of the molecule is COC1(C(NN)c2cc(F)ccc2C)CCCC1. The van der Waals surface area contributed by atoms with Crippen LogP contribution in [0.15, 0.2) is 18.2 Å². The molecule has 3 N–H and O–H groups in total. The Labute approximate surface area is 107 Å². The molecule has 0 spiro atoms. The fourth-order valence-corrected chi connectivity index (χ4v) is 3.03. The molecule has 0 aliphatic heterocycles.